The molecule has 6 nitrogen and oxygen atoms in total. The van der Waals surface area contributed by atoms with Gasteiger partial charge >= 0.3 is 11.9 Å². The Labute approximate surface area is 268 Å². The van der Waals surface area contributed by atoms with Crippen LogP contribution >= 0.6 is 11.6 Å². The summed E-state index contributed by atoms with van der Waals surface area (Å²) in [4.78, 5) is 25.1. The number of hydrogen-bond donors (Lipinski definition) is 0. The number of ether oxygens (including phenoxy) is 4. The van der Waals surface area contributed by atoms with Crippen LogP contribution in [0.15, 0.2) is 66.7 Å². The molecule has 0 fully saturated rings. The summed E-state index contributed by atoms with van der Waals surface area (Å²) < 4.78 is 22.5. The van der Waals surface area contributed by atoms with Gasteiger partial charge in [-0.05, 0) is 72.9 Å². The molecule has 0 aliphatic carbocycles. The Bertz CT molecular complexity index is 1290. The lowest BCUT2D eigenvalue weighted by atomic mass is 10.1. The van der Waals surface area contributed by atoms with Crippen molar-refractivity contribution in [2.24, 2.45) is 5.92 Å². The molecule has 44 heavy (non-hydrogen) atoms. The molecule has 238 valence electrons. The van der Waals surface area contributed by atoms with Crippen LogP contribution in [0.5, 0.6) is 17.2 Å². The summed E-state index contributed by atoms with van der Waals surface area (Å²) in [5.41, 5.74) is 2.20. The SMILES string of the molecule is CCCCCCCCCCOc1ccc(C(=O)Oc2ccc(-c3ccc(OC(=O)C(C)OCC(C)CC)cc3)cc2)cc1Cl. The first kappa shape index (κ1) is 35.1. The fourth-order valence-corrected chi connectivity index (χ4v) is 4.69. The van der Waals surface area contributed by atoms with Crippen LogP contribution in [0.1, 0.15) is 95.8 Å². The maximum absolute atomic E-state index is 12.8. The maximum Gasteiger partial charge on any atom is 0.343 e. The summed E-state index contributed by atoms with van der Waals surface area (Å²) in [6, 6.07) is 19.4. The van der Waals surface area contributed by atoms with Crippen molar-refractivity contribution < 1.29 is 28.5 Å². The molecule has 3 aromatic rings. The number of hydrogen-bond acceptors (Lipinski definition) is 6. The van der Waals surface area contributed by atoms with Crippen LogP contribution in [-0.2, 0) is 9.53 Å². The molecule has 0 N–H and O–H groups in total. The zero-order valence-corrected chi connectivity index (χ0v) is 27.4. The number of esters is 2. The Hall–Kier alpha value is -3.35. The lowest BCUT2D eigenvalue weighted by Crippen LogP contribution is -2.27. The fourth-order valence-electron chi connectivity index (χ4n) is 4.45. The third-order valence-corrected chi connectivity index (χ3v) is 7.85. The Morgan fingerprint density at radius 2 is 1.30 bits per heavy atom. The van der Waals surface area contributed by atoms with Crippen molar-refractivity contribution in [1.82, 2.24) is 0 Å². The molecule has 0 amide bonds. The van der Waals surface area contributed by atoms with Gasteiger partial charge in [0.2, 0.25) is 0 Å². The summed E-state index contributed by atoms with van der Waals surface area (Å²) in [5, 5.41) is 0.386. The van der Waals surface area contributed by atoms with Gasteiger partial charge in [0.05, 0.1) is 23.8 Å². The zero-order valence-electron chi connectivity index (χ0n) is 26.6. The van der Waals surface area contributed by atoms with Crippen LogP contribution in [0, 0.1) is 5.92 Å². The number of unbranched alkanes of at least 4 members (excludes halogenated alkanes) is 7. The van der Waals surface area contributed by atoms with E-state index in [0.717, 1.165) is 30.4 Å². The second kappa shape index (κ2) is 19.1. The number of carbonyl (C=O) groups excluding carboxylic acids is 2. The van der Waals surface area contributed by atoms with Gasteiger partial charge in [-0.3, -0.25) is 0 Å². The third-order valence-electron chi connectivity index (χ3n) is 7.55. The third kappa shape index (κ3) is 12.0. The van der Waals surface area contributed by atoms with Crippen molar-refractivity contribution in [3.05, 3.63) is 77.3 Å². The van der Waals surface area contributed by atoms with E-state index in [0.29, 0.717) is 47.0 Å². The molecule has 3 aromatic carbocycles. The molecule has 3 rings (SSSR count). The van der Waals surface area contributed by atoms with E-state index in [4.69, 9.17) is 30.5 Å². The minimum atomic E-state index is -0.634. The highest BCUT2D eigenvalue weighted by atomic mass is 35.5. The van der Waals surface area contributed by atoms with Gasteiger partial charge in [-0.1, -0.05) is 108 Å². The molecular weight excluding hydrogens is 576 g/mol. The van der Waals surface area contributed by atoms with E-state index in [-0.39, 0.29) is 0 Å². The molecule has 0 aliphatic rings. The van der Waals surface area contributed by atoms with E-state index in [1.807, 2.05) is 24.3 Å². The first-order chi connectivity index (χ1) is 21.3. The lowest BCUT2D eigenvalue weighted by molar-refractivity contribution is -0.146. The summed E-state index contributed by atoms with van der Waals surface area (Å²) in [6.45, 7) is 9.22. The second-order valence-corrected chi connectivity index (χ2v) is 11.7. The van der Waals surface area contributed by atoms with Gasteiger partial charge in [-0.15, -0.1) is 0 Å². The Kier molecular flexibility index (Phi) is 15.3. The van der Waals surface area contributed by atoms with Crippen LogP contribution in [0.2, 0.25) is 5.02 Å². The van der Waals surface area contributed by atoms with Crippen LogP contribution in [0.25, 0.3) is 11.1 Å². The van der Waals surface area contributed by atoms with Gasteiger partial charge in [0.15, 0.2) is 6.10 Å². The van der Waals surface area contributed by atoms with Crippen LogP contribution in [-0.4, -0.2) is 31.3 Å². The standard InChI is InChI=1S/C37H47ClO6/c1-5-7-8-9-10-11-12-13-24-41-35-23-18-31(25-34(35)38)37(40)44-33-21-16-30(17-22-33)29-14-19-32(20-15-29)43-36(39)28(4)42-26-27(3)6-2/h14-23,25,27-28H,5-13,24,26H2,1-4H3. The highest BCUT2D eigenvalue weighted by Gasteiger charge is 2.17. The van der Waals surface area contributed by atoms with Crippen LogP contribution < -0.4 is 14.2 Å². The van der Waals surface area contributed by atoms with Gasteiger partial charge in [-0.25, -0.2) is 9.59 Å². The number of benzene rings is 3. The topological polar surface area (TPSA) is 71.1 Å². The minimum absolute atomic E-state index is 0.350. The highest BCUT2D eigenvalue weighted by molar-refractivity contribution is 6.32. The summed E-state index contributed by atoms with van der Waals surface area (Å²) in [6.07, 6.45) is 10.2. The molecule has 0 saturated carbocycles. The first-order valence-electron chi connectivity index (χ1n) is 16.0. The average molecular weight is 623 g/mol. The lowest BCUT2D eigenvalue weighted by Gasteiger charge is -2.15. The van der Waals surface area contributed by atoms with E-state index in [9.17, 15) is 9.59 Å². The normalized spacial score (nSPS) is 12.4. The largest absolute Gasteiger partial charge is 0.492 e. The predicted octanol–water partition coefficient (Wildman–Crippen LogP) is 10.1. The van der Waals surface area contributed by atoms with Crippen LogP contribution in [0.4, 0.5) is 0 Å². The van der Waals surface area contributed by atoms with Crippen molar-refractivity contribution >= 4 is 23.5 Å². The summed E-state index contributed by atoms with van der Waals surface area (Å²) in [5.74, 6) is 0.907. The molecule has 0 saturated heterocycles. The molecule has 0 radical (unpaired) electrons. The smallest absolute Gasteiger partial charge is 0.343 e. The van der Waals surface area contributed by atoms with Crippen molar-refractivity contribution in [2.45, 2.75) is 91.6 Å². The van der Waals surface area contributed by atoms with Crippen molar-refractivity contribution in [2.75, 3.05) is 13.2 Å². The number of carbonyl (C=O) groups is 2. The Balaban J connectivity index is 1.44. The molecular formula is C37H47ClO6. The van der Waals surface area contributed by atoms with E-state index in [2.05, 4.69) is 20.8 Å². The van der Waals surface area contributed by atoms with Gasteiger partial charge in [0, 0.05) is 0 Å². The van der Waals surface area contributed by atoms with E-state index in [1.54, 1.807) is 49.4 Å². The molecule has 2 unspecified atom stereocenters. The van der Waals surface area contributed by atoms with Gasteiger partial charge in [0.1, 0.15) is 17.2 Å². The first-order valence-corrected chi connectivity index (χ1v) is 16.4. The van der Waals surface area contributed by atoms with Gasteiger partial charge < -0.3 is 18.9 Å². The molecule has 0 aliphatic heterocycles. The molecule has 0 spiro atoms. The highest BCUT2D eigenvalue weighted by Crippen LogP contribution is 2.28. The van der Waals surface area contributed by atoms with E-state index >= 15 is 0 Å². The van der Waals surface area contributed by atoms with Gasteiger partial charge in [0.25, 0.3) is 0 Å². The minimum Gasteiger partial charge on any atom is -0.492 e. The Morgan fingerprint density at radius 3 is 1.86 bits per heavy atom. The summed E-state index contributed by atoms with van der Waals surface area (Å²) in [7, 11) is 0. The number of rotatable bonds is 19. The Morgan fingerprint density at radius 1 is 0.727 bits per heavy atom. The molecule has 0 heterocycles. The van der Waals surface area contributed by atoms with Crippen LogP contribution in [0.3, 0.4) is 0 Å². The maximum atomic E-state index is 12.8. The van der Waals surface area contributed by atoms with E-state index in [1.165, 1.54) is 38.5 Å². The monoisotopic (exact) mass is 622 g/mol. The van der Waals surface area contributed by atoms with Crippen molar-refractivity contribution in [3.8, 4) is 28.4 Å². The molecule has 7 heteroatoms. The summed E-state index contributed by atoms with van der Waals surface area (Å²) >= 11 is 6.39. The average Bonchev–Trinajstić information content (AvgIpc) is 3.03. The number of halogens is 1. The van der Waals surface area contributed by atoms with Crippen molar-refractivity contribution in [3.63, 3.8) is 0 Å². The predicted molar refractivity (Wildman–Crippen MR) is 177 cm³/mol. The zero-order chi connectivity index (χ0) is 31.7. The molecule has 0 bridgehead atoms. The van der Waals surface area contributed by atoms with E-state index < -0.39 is 18.0 Å². The second-order valence-electron chi connectivity index (χ2n) is 11.3. The quantitative estimate of drug-likeness (QED) is 0.0752. The van der Waals surface area contributed by atoms with Crippen molar-refractivity contribution in [1.29, 1.82) is 0 Å². The van der Waals surface area contributed by atoms with Gasteiger partial charge in [-0.2, -0.15) is 0 Å². The molecule has 0 aromatic heterocycles. The fraction of sp³-hybridized carbons (Fsp3) is 0.459. The molecule has 2 atom stereocenters.